The number of hydrogen-bond donors (Lipinski definition) is 0. The molecule has 4 heteroatoms. The van der Waals surface area contributed by atoms with Crippen LogP contribution in [-0.4, -0.2) is 4.92 Å². The van der Waals surface area contributed by atoms with Crippen LogP contribution in [0.25, 0.3) is 0 Å². The zero-order valence-corrected chi connectivity index (χ0v) is 8.91. The van der Waals surface area contributed by atoms with Crippen molar-refractivity contribution in [2.45, 2.75) is 20.3 Å². The quantitative estimate of drug-likeness (QED) is 0.570. The van der Waals surface area contributed by atoms with Gasteiger partial charge in [-0.1, -0.05) is 25.4 Å². The lowest BCUT2D eigenvalue weighted by Gasteiger charge is -2.05. The summed E-state index contributed by atoms with van der Waals surface area (Å²) in [6.45, 7) is 4.04. The number of rotatable bonds is 3. The van der Waals surface area contributed by atoms with Crippen molar-refractivity contribution in [2.75, 3.05) is 0 Å². The first-order valence-electron chi connectivity index (χ1n) is 4.43. The van der Waals surface area contributed by atoms with Crippen LogP contribution in [0.4, 0.5) is 5.69 Å². The molecular weight excluding hydrogens is 202 g/mol. The molecule has 1 aromatic carbocycles. The molecule has 0 aromatic heterocycles. The van der Waals surface area contributed by atoms with Crippen LogP contribution in [0.3, 0.4) is 0 Å². The van der Waals surface area contributed by atoms with Crippen LogP contribution in [-0.2, 0) is 6.42 Å². The Bertz CT molecular complexity index is 350. The third-order valence-corrected chi connectivity index (χ3v) is 2.10. The first-order chi connectivity index (χ1) is 6.50. The molecule has 0 radical (unpaired) electrons. The van der Waals surface area contributed by atoms with Gasteiger partial charge in [-0.25, -0.2) is 0 Å². The standard InChI is InChI=1S/C10H12ClNO2/c1-7(2)5-8-6-9(11)3-4-10(8)12(13)14/h3-4,6-7H,5H2,1-2H3. The van der Waals surface area contributed by atoms with Crippen LogP contribution in [0, 0.1) is 16.0 Å². The summed E-state index contributed by atoms with van der Waals surface area (Å²) in [6, 6.07) is 4.67. The Hall–Kier alpha value is -1.09. The minimum atomic E-state index is -0.367. The van der Waals surface area contributed by atoms with Crippen molar-refractivity contribution in [1.82, 2.24) is 0 Å². The van der Waals surface area contributed by atoms with Crippen LogP contribution >= 0.6 is 11.6 Å². The summed E-state index contributed by atoms with van der Waals surface area (Å²) >= 11 is 5.78. The zero-order chi connectivity index (χ0) is 10.7. The number of hydrogen-bond acceptors (Lipinski definition) is 2. The Balaban J connectivity index is 3.09. The molecule has 3 nitrogen and oxygen atoms in total. The first-order valence-corrected chi connectivity index (χ1v) is 4.81. The maximum absolute atomic E-state index is 10.7. The van der Waals surface area contributed by atoms with Gasteiger partial charge in [-0.2, -0.15) is 0 Å². The molecule has 0 spiro atoms. The van der Waals surface area contributed by atoms with Gasteiger partial charge < -0.3 is 0 Å². The number of benzene rings is 1. The molecule has 0 N–H and O–H groups in total. The normalized spacial score (nSPS) is 10.6. The molecule has 14 heavy (non-hydrogen) atoms. The van der Waals surface area contributed by atoms with Gasteiger partial charge in [0.25, 0.3) is 5.69 Å². The summed E-state index contributed by atoms with van der Waals surface area (Å²) in [5.41, 5.74) is 0.862. The Morgan fingerprint density at radius 2 is 2.14 bits per heavy atom. The van der Waals surface area contributed by atoms with Gasteiger partial charge in [0.1, 0.15) is 0 Å². The topological polar surface area (TPSA) is 43.1 Å². The van der Waals surface area contributed by atoms with Crippen LogP contribution in [0.15, 0.2) is 18.2 Å². The first kappa shape index (κ1) is 11.0. The molecule has 0 aliphatic carbocycles. The van der Waals surface area contributed by atoms with Gasteiger partial charge >= 0.3 is 0 Å². The van der Waals surface area contributed by atoms with Gasteiger partial charge in [-0.05, 0) is 24.5 Å². The molecule has 0 bridgehead atoms. The Labute approximate surface area is 87.8 Å². The summed E-state index contributed by atoms with van der Waals surface area (Å²) in [5.74, 6) is 0.382. The maximum atomic E-state index is 10.7. The lowest BCUT2D eigenvalue weighted by Crippen LogP contribution is -1.99. The van der Waals surface area contributed by atoms with E-state index in [0.29, 0.717) is 22.9 Å². The number of halogens is 1. The van der Waals surface area contributed by atoms with Crippen molar-refractivity contribution in [3.63, 3.8) is 0 Å². The molecule has 1 aromatic rings. The van der Waals surface area contributed by atoms with Gasteiger partial charge in [-0.3, -0.25) is 10.1 Å². The molecule has 0 atom stereocenters. The maximum Gasteiger partial charge on any atom is 0.272 e. The summed E-state index contributed by atoms with van der Waals surface area (Å²) in [4.78, 5) is 10.3. The van der Waals surface area contributed by atoms with E-state index in [9.17, 15) is 10.1 Å². The minimum Gasteiger partial charge on any atom is -0.258 e. The summed E-state index contributed by atoms with van der Waals surface area (Å²) < 4.78 is 0. The molecular formula is C10H12ClNO2. The predicted molar refractivity (Wildman–Crippen MR) is 56.6 cm³/mol. The number of nitrogens with zero attached hydrogens (tertiary/aromatic N) is 1. The van der Waals surface area contributed by atoms with Crippen molar-refractivity contribution >= 4 is 17.3 Å². The molecule has 1 rings (SSSR count). The highest BCUT2D eigenvalue weighted by molar-refractivity contribution is 6.30. The van der Waals surface area contributed by atoms with E-state index in [1.54, 1.807) is 12.1 Å². The fourth-order valence-electron chi connectivity index (χ4n) is 1.34. The van der Waals surface area contributed by atoms with Crippen LogP contribution in [0.2, 0.25) is 5.02 Å². The predicted octanol–water partition coefficient (Wildman–Crippen LogP) is 3.45. The van der Waals surface area contributed by atoms with Crippen molar-refractivity contribution in [3.8, 4) is 0 Å². The molecule has 0 amide bonds. The van der Waals surface area contributed by atoms with E-state index in [-0.39, 0.29) is 10.6 Å². The molecule has 0 aliphatic heterocycles. The molecule has 0 unspecified atom stereocenters. The van der Waals surface area contributed by atoms with Crippen LogP contribution in [0.5, 0.6) is 0 Å². The van der Waals surface area contributed by atoms with Gasteiger partial charge in [0, 0.05) is 16.7 Å². The van der Waals surface area contributed by atoms with Crippen molar-refractivity contribution in [1.29, 1.82) is 0 Å². The smallest absolute Gasteiger partial charge is 0.258 e. The number of nitro benzene ring substituents is 1. The lowest BCUT2D eigenvalue weighted by molar-refractivity contribution is -0.385. The Kier molecular flexibility index (Phi) is 3.47. The van der Waals surface area contributed by atoms with Crippen molar-refractivity contribution in [3.05, 3.63) is 38.9 Å². The van der Waals surface area contributed by atoms with Gasteiger partial charge in [0.05, 0.1) is 4.92 Å². The molecule has 76 valence electrons. The van der Waals surface area contributed by atoms with Crippen LogP contribution < -0.4 is 0 Å². The highest BCUT2D eigenvalue weighted by atomic mass is 35.5. The second-order valence-electron chi connectivity index (χ2n) is 3.63. The summed E-state index contributed by atoms with van der Waals surface area (Å²) in [5, 5.41) is 11.2. The van der Waals surface area contributed by atoms with E-state index >= 15 is 0 Å². The SMILES string of the molecule is CC(C)Cc1cc(Cl)ccc1[N+](=O)[O-]. The highest BCUT2D eigenvalue weighted by Crippen LogP contribution is 2.24. The van der Waals surface area contributed by atoms with Gasteiger partial charge in [0.2, 0.25) is 0 Å². The lowest BCUT2D eigenvalue weighted by atomic mass is 10.0. The monoisotopic (exact) mass is 213 g/mol. The fraction of sp³-hybridized carbons (Fsp3) is 0.400. The summed E-state index contributed by atoms with van der Waals surface area (Å²) in [6.07, 6.45) is 0.677. The van der Waals surface area contributed by atoms with E-state index in [1.807, 2.05) is 13.8 Å². The second kappa shape index (κ2) is 4.42. The van der Waals surface area contributed by atoms with Crippen molar-refractivity contribution < 1.29 is 4.92 Å². The third-order valence-electron chi connectivity index (χ3n) is 1.87. The Morgan fingerprint density at radius 3 is 2.64 bits per heavy atom. The van der Waals surface area contributed by atoms with E-state index in [0.717, 1.165) is 0 Å². The second-order valence-corrected chi connectivity index (χ2v) is 4.06. The number of nitro groups is 1. The van der Waals surface area contributed by atoms with Crippen molar-refractivity contribution in [2.24, 2.45) is 5.92 Å². The molecule has 0 saturated carbocycles. The average molecular weight is 214 g/mol. The van der Waals surface area contributed by atoms with E-state index < -0.39 is 0 Å². The third kappa shape index (κ3) is 2.70. The van der Waals surface area contributed by atoms with Gasteiger partial charge in [0.15, 0.2) is 0 Å². The zero-order valence-electron chi connectivity index (χ0n) is 8.16. The Morgan fingerprint density at radius 1 is 1.50 bits per heavy atom. The largest absolute Gasteiger partial charge is 0.272 e. The highest BCUT2D eigenvalue weighted by Gasteiger charge is 2.14. The van der Waals surface area contributed by atoms with Crippen LogP contribution in [0.1, 0.15) is 19.4 Å². The molecule has 0 fully saturated rings. The average Bonchev–Trinajstić information content (AvgIpc) is 2.01. The van der Waals surface area contributed by atoms with E-state index in [2.05, 4.69) is 0 Å². The van der Waals surface area contributed by atoms with Gasteiger partial charge in [-0.15, -0.1) is 0 Å². The van der Waals surface area contributed by atoms with E-state index in [4.69, 9.17) is 11.6 Å². The van der Waals surface area contributed by atoms with E-state index in [1.165, 1.54) is 6.07 Å². The molecule has 0 heterocycles. The fourth-order valence-corrected chi connectivity index (χ4v) is 1.53. The molecule has 0 saturated heterocycles. The molecule has 0 aliphatic rings. The minimum absolute atomic E-state index is 0.156. The summed E-state index contributed by atoms with van der Waals surface area (Å²) in [7, 11) is 0.